The first-order valence-corrected chi connectivity index (χ1v) is 9.18. The van der Waals surface area contributed by atoms with Gasteiger partial charge in [0.25, 0.3) is 0 Å². The Morgan fingerprint density at radius 3 is 2.58 bits per heavy atom. The van der Waals surface area contributed by atoms with Gasteiger partial charge >= 0.3 is 0 Å². The number of hydrogen-bond acceptors (Lipinski definition) is 6. The number of nitrogens with one attached hydrogen (secondary N) is 1. The molecular weight excluding hydrogens is 350 g/mol. The van der Waals surface area contributed by atoms with Crippen molar-refractivity contribution in [2.75, 3.05) is 0 Å². The molecule has 3 aromatic rings. The molecular formula is C18H17N5O2S. The molecule has 7 nitrogen and oxygen atoms in total. The van der Waals surface area contributed by atoms with Crippen molar-refractivity contribution in [3.63, 3.8) is 0 Å². The number of thioether (sulfide) groups is 1. The second-order valence-electron chi connectivity index (χ2n) is 6.08. The van der Waals surface area contributed by atoms with Gasteiger partial charge in [0, 0.05) is 6.04 Å². The van der Waals surface area contributed by atoms with Gasteiger partial charge in [0.1, 0.15) is 11.0 Å². The predicted octanol–water partition coefficient (Wildman–Crippen LogP) is 2.48. The summed E-state index contributed by atoms with van der Waals surface area (Å²) in [5.41, 5.74) is 1.61. The van der Waals surface area contributed by atoms with E-state index in [-0.39, 0.29) is 17.7 Å². The molecule has 8 heteroatoms. The number of hydrogen-bond donors (Lipinski definition) is 2. The van der Waals surface area contributed by atoms with E-state index in [9.17, 15) is 9.90 Å². The van der Waals surface area contributed by atoms with E-state index >= 15 is 0 Å². The largest absolute Gasteiger partial charge is 0.508 e. The smallest absolute Gasteiger partial charge is 0.238 e. The minimum atomic E-state index is -0.446. The maximum Gasteiger partial charge on any atom is 0.238 e. The zero-order valence-corrected chi connectivity index (χ0v) is 14.6. The van der Waals surface area contributed by atoms with Crippen LogP contribution in [0.25, 0.3) is 5.69 Å². The summed E-state index contributed by atoms with van der Waals surface area (Å²) in [5.74, 6) is 0.131. The van der Waals surface area contributed by atoms with Gasteiger partial charge in [-0.3, -0.25) is 4.79 Å². The second-order valence-corrected chi connectivity index (χ2v) is 7.15. The first-order chi connectivity index (χ1) is 12.7. The average molecular weight is 367 g/mol. The summed E-state index contributed by atoms with van der Waals surface area (Å²) in [6.07, 6.45) is 2.06. The summed E-state index contributed by atoms with van der Waals surface area (Å²) in [6.45, 7) is 0. The Hall–Kier alpha value is -2.87. The monoisotopic (exact) mass is 367 g/mol. The number of aromatic hydroxyl groups is 1. The molecule has 0 radical (unpaired) electrons. The maximum absolute atomic E-state index is 12.8. The van der Waals surface area contributed by atoms with E-state index < -0.39 is 5.25 Å². The molecule has 0 unspecified atom stereocenters. The minimum Gasteiger partial charge on any atom is -0.508 e. The number of phenols is 1. The molecule has 1 saturated carbocycles. The van der Waals surface area contributed by atoms with Crippen molar-refractivity contribution < 1.29 is 9.90 Å². The number of benzene rings is 2. The van der Waals surface area contributed by atoms with Crippen LogP contribution >= 0.6 is 11.8 Å². The van der Waals surface area contributed by atoms with E-state index in [0.717, 1.165) is 18.4 Å². The Bertz CT molecular complexity index is 893. The van der Waals surface area contributed by atoms with Crippen LogP contribution < -0.4 is 5.32 Å². The highest BCUT2D eigenvalue weighted by atomic mass is 32.2. The topological polar surface area (TPSA) is 92.9 Å². The number of phenolic OH excluding ortho intramolecular Hbond substituents is 1. The number of carbonyl (C=O) groups is 1. The molecule has 2 N–H and O–H groups in total. The molecule has 1 aromatic heterocycles. The van der Waals surface area contributed by atoms with Gasteiger partial charge in [0.2, 0.25) is 11.1 Å². The molecule has 0 saturated heterocycles. The SMILES string of the molecule is O=C(NC1CC1)[C@@H](Sc1nnnn1-c1ccc(O)cc1)c1ccccc1. The van der Waals surface area contributed by atoms with Gasteiger partial charge < -0.3 is 10.4 Å². The second kappa shape index (κ2) is 7.17. The van der Waals surface area contributed by atoms with Crippen LogP contribution in [0.3, 0.4) is 0 Å². The van der Waals surface area contributed by atoms with E-state index in [1.54, 1.807) is 28.9 Å². The lowest BCUT2D eigenvalue weighted by Gasteiger charge is -2.16. The van der Waals surface area contributed by atoms with Crippen LogP contribution in [0.5, 0.6) is 5.75 Å². The van der Waals surface area contributed by atoms with Crippen molar-refractivity contribution in [1.29, 1.82) is 0 Å². The van der Waals surface area contributed by atoms with Gasteiger partial charge in [-0.2, -0.15) is 4.68 Å². The molecule has 132 valence electrons. The molecule has 1 aliphatic carbocycles. The molecule has 1 fully saturated rings. The zero-order valence-electron chi connectivity index (χ0n) is 13.8. The Balaban J connectivity index is 1.63. The number of aromatic nitrogens is 4. The molecule has 1 heterocycles. The van der Waals surface area contributed by atoms with Gasteiger partial charge in [-0.25, -0.2) is 0 Å². The van der Waals surface area contributed by atoms with E-state index in [1.165, 1.54) is 11.8 Å². The molecule has 1 amide bonds. The van der Waals surface area contributed by atoms with E-state index in [0.29, 0.717) is 10.8 Å². The van der Waals surface area contributed by atoms with Gasteiger partial charge in [-0.05, 0) is 53.1 Å². The van der Waals surface area contributed by atoms with Crippen molar-refractivity contribution >= 4 is 17.7 Å². The summed E-state index contributed by atoms with van der Waals surface area (Å²) < 4.78 is 1.56. The Morgan fingerprint density at radius 1 is 1.15 bits per heavy atom. The quantitative estimate of drug-likeness (QED) is 0.650. The highest BCUT2D eigenvalue weighted by Gasteiger charge is 2.30. The average Bonchev–Trinajstić information content (AvgIpc) is 3.35. The number of amides is 1. The van der Waals surface area contributed by atoms with Gasteiger partial charge in [-0.15, -0.1) is 5.10 Å². The fourth-order valence-electron chi connectivity index (χ4n) is 2.52. The normalized spacial score (nSPS) is 14.8. The lowest BCUT2D eigenvalue weighted by Crippen LogP contribution is -2.29. The summed E-state index contributed by atoms with van der Waals surface area (Å²) in [5, 5.41) is 24.4. The standard InChI is InChI=1S/C18H17N5O2S/c24-15-10-8-14(9-11-15)23-18(20-21-22-23)26-16(12-4-2-1-3-5-12)17(25)19-13-6-7-13/h1-5,8-11,13,16,24H,6-7H2,(H,19,25)/t16-/m0/s1. The number of carbonyl (C=O) groups excluding carboxylic acids is 1. The van der Waals surface area contributed by atoms with Crippen LogP contribution in [0.15, 0.2) is 59.8 Å². The molecule has 1 aliphatic rings. The molecule has 0 bridgehead atoms. The molecule has 0 spiro atoms. The minimum absolute atomic E-state index is 0.0380. The molecule has 1 atom stereocenters. The maximum atomic E-state index is 12.8. The van der Waals surface area contributed by atoms with Crippen LogP contribution in [0, 0.1) is 0 Å². The lowest BCUT2D eigenvalue weighted by atomic mass is 10.1. The fraction of sp³-hybridized carbons (Fsp3) is 0.222. The highest BCUT2D eigenvalue weighted by Crippen LogP contribution is 2.36. The molecule has 0 aliphatic heterocycles. The van der Waals surface area contributed by atoms with Crippen LogP contribution in [0.4, 0.5) is 0 Å². The predicted molar refractivity (Wildman–Crippen MR) is 97.0 cm³/mol. The van der Waals surface area contributed by atoms with Crippen molar-refractivity contribution in [3.8, 4) is 11.4 Å². The van der Waals surface area contributed by atoms with Crippen molar-refractivity contribution in [2.45, 2.75) is 29.3 Å². The van der Waals surface area contributed by atoms with Crippen molar-refractivity contribution in [1.82, 2.24) is 25.5 Å². The van der Waals surface area contributed by atoms with Crippen LogP contribution in [0.1, 0.15) is 23.7 Å². The van der Waals surface area contributed by atoms with Crippen LogP contribution in [-0.2, 0) is 4.79 Å². The lowest BCUT2D eigenvalue weighted by molar-refractivity contribution is -0.120. The molecule has 4 rings (SSSR count). The third kappa shape index (κ3) is 3.70. The van der Waals surface area contributed by atoms with Crippen molar-refractivity contribution in [3.05, 3.63) is 60.2 Å². The van der Waals surface area contributed by atoms with Crippen LogP contribution in [0.2, 0.25) is 0 Å². The van der Waals surface area contributed by atoms with Gasteiger partial charge in [0.15, 0.2) is 0 Å². The fourth-order valence-corrected chi connectivity index (χ4v) is 3.52. The Labute approximate surface area is 154 Å². The summed E-state index contributed by atoms with van der Waals surface area (Å²) in [6, 6.07) is 16.5. The van der Waals surface area contributed by atoms with E-state index in [1.807, 2.05) is 30.3 Å². The van der Waals surface area contributed by atoms with Crippen LogP contribution in [-0.4, -0.2) is 37.3 Å². The number of nitrogens with zero attached hydrogens (tertiary/aromatic N) is 4. The third-order valence-electron chi connectivity index (χ3n) is 4.02. The van der Waals surface area contributed by atoms with Gasteiger partial charge in [-0.1, -0.05) is 42.1 Å². The first kappa shape index (κ1) is 16.6. The highest BCUT2D eigenvalue weighted by molar-refractivity contribution is 8.00. The third-order valence-corrected chi connectivity index (χ3v) is 5.21. The summed E-state index contributed by atoms with van der Waals surface area (Å²) in [4.78, 5) is 12.8. The molecule has 2 aromatic carbocycles. The summed E-state index contributed by atoms with van der Waals surface area (Å²) in [7, 11) is 0. The van der Waals surface area contributed by atoms with Crippen molar-refractivity contribution in [2.24, 2.45) is 0 Å². The van der Waals surface area contributed by atoms with E-state index in [4.69, 9.17) is 0 Å². The molecule has 26 heavy (non-hydrogen) atoms. The number of tetrazole rings is 1. The Kier molecular flexibility index (Phi) is 4.57. The van der Waals surface area contributed by atoms with E-state index in [2.05, 4.69) is 20.8 Å². The number of rotatable bonds is 6. The summed E-state index contributed by atoms with van der Waals surface area (Å²) >= 11 is 1.30. The van der Waals surface area contributed by atoms with Gasteiger partial charge in [0.05, 0.1) is 5.69 Å². The first-order valence-electron chi connectivity index (χ1n) is 8.30. The Morgan fingerprint density at radius 2 is 1.88 bits per heavy atom. The zero-order chi connectivity index (χ0) is 17.9.